The normalized spacial score (nSPS) is 13.2. The number of likely N-dealkylation sites (tertiary alicyclic amines) is 1. The third kappa shape index (κ3) is 40.3. The predicted octanol–water partition coefficient (Wildman–Crippen LogP) is 16.3. The minimum Gasteiger partial charge on any atom is -0.461 e. The molecule has 1 aliphatic heterocycles. The molecule has 436 valence electrons. The van der Waals surface area contributed by atoms with Crippen molar-refractivity contribution in [1.82, 2.24) is 10.2 Å². The average molecular weight is 1070 g/mol. The van der Waals surface area contributed by atoms with Crippen molar-refractivity contribution in [3.63, 3.8) is 0 Å². The Hall–Kier alpha value is -3.94. The Labute approximate surface area is 462 Å². The van der Waals surface area contributed by atoms with Crippen LogP contribution in [0.1, 0.15) is 256 Å². The maximum Gasteiger partial charge on any atom is 0.508 e. The Bertz CT molecular complexity index is 1630. The van der Waals surface area contributed by atoms with E-state index >= 15 is 0 Å². The lowest BCUT2D eigenvalue weighted by atomic mass is 10.1. The lowest BCUT2D eigenvalue weighted by molar-refractivity contribution is -0.160. The Morgan fingerprint density at radius 2 is 1.00 bits per heavy atom. The molecule has 1 N–H and O–H groups in total. The Kier molecular flexibility index (Phi) is 44.3. The molecule has 13 heteroatoms. The lowest BCUT2D eigenvalue weighted by Crippen LogP contribution is -2.36. The van der Waals surface area contributed by atoms with Gasteiger partial charge in [0, 0.05) is 39.1 Å². The quantitative estimate of drug-likeness (QED) is 0.0218. The van der Waals surface area contributed by atoms with Gasteiger partial charge in [0.05, 0.1) is 6.42 Å². The fraction of sp³-hybridized carbons (Fsp3) is 0.778. The molecule has 0 radical (unpaired) electrons. The highest BCUT2D eigenvalue weighted by molar-refractivity contribution is 5.70. The van der Waals surface area contributed by atoms with E-state index in [9.17, 15) is 19.2 Å². The number of nitrogens with zero attached hydrogens (tertiary/aromatic N) is 1. The van der Waals surface area contributed by atoms with Crippen molar-refractivity contribution in [2.24, 2.45) is 0 Å². The molecule has 2 rings (SSSR count). The molecule has 0 saturated carbocycles. The number of hydrogen-bond acceptors (Lipinski definition) is 12. The van der Waals surface area contributed by atoms with Crippen LogP contribution >= 0.6 is 0 Å². The molecule has 1 unspecified atom stereocenters. The number of ether oxygens (including phenoxy) is 7. The maximum absolute atomic E-state index is 13.2. The second kappa shape index (κ2) is 49.4. The molecule has 1 saturated heterocycles. The molecule has 1 aromatic carbocycles. The smallest absolute Gasteiger partial charge is 0.461 e. The molecule has 0 aromatic heterocycles. The first kappa shape index (κ1) is 68.2. The van der Waals surface area contributed by atoms with Crippen LogP contribution in [0.3, 0.4) is 0 Å². The van der Waals surface area contributed by atoms with Crippen molar-refractivity contribution >= 4 is 24.2 Å². The van der Waals surface area contributed by atoms with E-state index in [1.807, 2.05) is 12.1 Å². The summed E-state index contributed by atoms with van der Waals surface area (Å²) in [4.78, 5) is 54.2. The van der Waals surface area contributed by atoms with Crippen LogP contribution in [0.15, 0.2) is 42.5 Å². The lowest BCUT2D eigenvalue weighted by Gasteiger charge is -2.19. The number of carbonyl (C=O) groups is 4. The topological polar surface area (TPSA) is 148 Å². The number of amides is 1. The molecule has 0 bridgehead atoms. The number of nitrogens with one attached hydrogen (secondary N) is 1. The van der Waals surface area contributed by atoms with E-state index in [4.69, 9.17) is 33.2 Å². The largest absolute Gasteiger partial charge is 0.508 e. The van der Waals surface area contributed by atoms with Gasteiger partial charge in [-0.2, -0.15) is 0 Å². The number of rotatable bonds is 50. The summed E-state index contributed by atoms with van der Waals surface area (Å²) in [5.74, 6) is -0.652. The van der Waals surface area contributed by atoms with Crippen LogP contribution in [-0.4, -0.2) is 87.5 Å². The number of allylic oxidation sites excluding steroid dienone is 4. The van der Waals surface area contributed by atoms with Gasteiger partial charge in [0.25, 0.3) is 0 Å². The second-order valence-electron chi connectivity index (χ2n) is 20.9. The van der Waals surface area contributed by atoms with E-state index < -0.39 is 24.6 Å². The molecule has 1 amide bonds. The summed E-state index contributed by atoms with van der Waals surface area (Å²) in [6.07, 6.45) is 40.4. The number of unbranched alkanes of at least 4 members (excludes halogenated alkanes) is 21. The van der Waals surface area contributed by atoms with E-state index in [2.05, 4.69) is 62.2 Å². The van der Waals surface area contributed by atoms with Crippen molar-refractivity contribution in [3.05, 3.63) is 59.2 Å². The molecule has 1 fully saturated rings. The number of hydrogen-bond donors (Lipinski definition) is 1. The van der Waals surface area contributed by atoms with Gasteiger partial charge in [0.2, 0.25) is 0 Å². The third-order valence-electron chi connectivity index (χ3n) is 13.7. The van der Waals surface area contributed by atoms with Gasteiger partial charge < -0.3 is 43.4 Å². The van der Waals surface area contributed by atoms with E-state index in [0.717, 1.165) is 116 Å². The standard InChI is InChI=1S/C63H108N2O11/c1-5-9-13-17-20-21-22-23-24-25-26-27-28-29-33-39-59(66)72-51-55-48-56(52-73-60(67)40-41-61(70-46-36-30-18-14-10-6-2)71-47-37-31-19-15-11-7-3)50-57(49-55)53-74-63(69)75-54-58(38-32-16-12-8-4)76-62(68)64-42-45-65-43-34-35-44-65/h20-21,23-24,48-50,58,61H,5-19,22,25-47,51-54H2,1-4H3,(H,64,68)/b21-20-,24-23-. The zero-order valence-electron chi connectivity index (χ0n) is 48.5. The van der Waals surface area contributed by atoms with Gasteiger partial charge >= 0.3 is 24.2 Å². The van der Waals surface area contributed by atoms with E-state index in [1.54, 1.807) is 6.07 Å². The van der Waals surface area contributed by atoms with E-state index in [-0.39, 0.29) is 44.8 Å². The molecule has 76 heavy (non-hydrogen) atoms. The summed E-state index contributed by atoms with van der Waals surface area (Å²) in [5.41, 5.74) is 1.95. The van der Waals surface area contributed by atoms with Crippen molar-refractivity contribution in [3.8, 4) is 0 Å². The van der Waals surface area contributed by atoms with E-state index in [1.165, 1.54) is 89.9 Å². The van der Waals surface area contributed by atoms with Crippen molar-refractivity contribution in [2.45, 2.75) is 272 Å². The molecule has 1 aliphatic rings. The number of esters is 2. The number of alkyl carbamates (subject to hydrolysis) is 1. The molecule has 1 aromatic rings. The molecular formula is C63H108N2O11. The monoisotopic (exact) mass is 1070 g/mol. The predicted molar refractivity (Wildman–Crippen MR) is 306 cm³/mol. The molecule has 0 aliphatic carbocycles. The minimum absolute atomic E-state index is 0.0169. The van der Waals surface area contributed by atoms with Gasteiger partial charge in [-0.1, -0.05) is 168 Å². The highest BCUT2D eigenvalue weighted by atomic mass is 16.7. The first-order valence-corrected chi connectivity index (χ1v) is 30.7. The molecule has 0 spiro atoms. The van der Waals surface area contributed by atoms with Gasteiger partial charge in [-0.05, 0) is 125 Å². The van der Waals surface area contributed by atoms with Crippen LogP contribution in [0, 0.1) is 0 Å². The highest BCUT2D eigenvalue weighted by Gasteiger charge is 2.20. The first-order valence-electron chi connectivity index (χ1n) is 30.7. The molecule has 1 heterocycles. The summed E-state index contributed by atoms with van der Waals surface area (Å²) in [6, 6.07) is 5.45. The van der Waals surface area contributed by atoms with Crippen LogP contribution in [0.4, 0.5) is 9.59 Å². The fourth-order valence-corrected chi connectivity index (χ4v) is 9.12. The summed E-state index contributed by atoms with van der Waals surface area (Å²) in [5, 5.41) is 2.84. The zero-order chi connectivity index (χ0) is 54.8. The minimum atomic E-state index is -0.897. The Morgan fingerprint density at radius 3 is 1.58 bits per heavy atom. The van der Waals surface area contributed by atoms with Gasteiger partial charge in [-0.3, -0.25) is 9.59 Å². The Morgan fingerprint density at radius 1 is 0.526 bits per heavy atom. The van der Waals surface area contributed by atoms with Gasteiger partial charge in [-0.15, -0.1) is 0 Å². The molecule has 1 atom stereocenters. The molecule has 13 nitrogen and oxygen atoms in total. The van der Waals surface area contributed by atoms with E-state index in [0.29, 0.717) is 55.7 Å². The number of benzene rings is 1. The average Bonchev–Trinajstić information content (AvgIpc) is 3.95. The zero-order valence-corrected chi connectivity index (χ0v) is 48.5. The van der Waals surface area contributed by atoms with Crippen molar-refractivity contribution in [1.29, 1.82) is 0 Å². The summed E-state index contributed by atoms with van der Waals surface area (Å²) in [7, 11) is 0. The van der Waals surface area contributed by atoms with Crippen LogP contribution in [-0.2, 0) is 62.6 Å². The maximum atomic E-state index is 13.2. The van der Waals surface area contributed by atoms with Crippen molar-refractivity contribution in [2.75, 3.05) is 46.0 Å². The van der Waals surface area contributed by atoms with Crippen LogP contribution in [0.25, 0.3) is 0 Å². The Balaban J connectivity index is 1.99. The second-order valence-corrected chi connectivity index (χ2v) is 20.9. The summed E-state index contributed by atoms with van der Waals surface area (Å²) >= 11 is 0. The summed E-state index contributed by atoms with van der Waals surface area (Å²) < 4.78 is 40.6. The third-order valence-corrected chi connectivity index (χ3v) is 13.7. The fourth-order valence-electron chi connectivity index (χ4n) is 9.12. The van der Waals surface area contributed by atoms with Crippen molar-refractivity contribution < 1.29 is 52.3 Å². The van der Waals surface area contributed by atoms with Crippen LogP contribution in [0.2, 0.25) is 0 Å². The first-order chi connectivity index (χ1) is 37.3. The highest BCUT2D eigenvalue weighted by Crippen LogP contribution is 2.19. The van der Waals surface area contributed by atoms with Gasteiger partial charge in [-0.25, -0.2) is 9.59 Å². The van der Waals surface area contributed by atoms with Crippen LogP contribution in [0.5, 0.6) is 0 Å². The SMILES string of the molecule is CCCCC/C=C\C/C=C\CCCCCCCC(=O)OCc1cc(COC(=O)CCC(OCCCCCCCC)OCCCCCCCC)cc(COC(=O)OCC(CCCCCC)OC(=O)NCCN2CCCC2)c1. The number of carbonyl (C=O) groups excluding carboxylic acids is 4. The van der Waals surface area contributed by atoms with Gasteiger partial charge in [0.15, 0.2) is 6.29 Å². The molecular weight excluding hydrogens is 961 g/mol. The summed E-state index contributed by atoms with van der Waals surface area (Å²) in [6.45, 7) is 13.1. The van der Waals surface area contributed by atoms with Gasteiger partial charge in [0.1, 0.15) is 32.5 Å². The van der Waals surface area contributed by atoms with Crippen LogP contribution < -0.4 is 5.32 Å².